The Morgan fingerprint density at radius 2 is 2.41 bits per heavy atom. The van der Waals surface area contributed by atoms with E-state index in [1.165, 1.54) is 11.5 Å². The summed E-state index contributed by atoms with van der Waals surface area (Å²) in [6.07, 6.45) is -0.244. The lowest BCUT2D eigenvalue weighted by atomic mass is 10.2. The van der Waals surface area contributed by atoms with Gasteiger partial charge in [0.2, 0.25) is 0 Å². The summed E-state index contributed by atoms with van der Waals surface area (Å²) in [5, 5.41) is 15.8. The second-order valence-corrected chi connectivity index (χ2v) is 3.83. The first-order valence-electron chi connectivity index (χ1n) is 5.22. The van der Waals surface area contributed by atoms with Crippen LogP contribution in [-0.4, -0.2) is 44.5 Å². The van der Waals surface area contributed by atoms with Crippen molar-refractivity contribution in [2.45, 2.75) is 19.4 Å². The molecule has 7 nitrogen and oxygen atoms in total. The molecule has 0 amide bonds. The van der Waals surface area contributed by atoms with Gasteiger partial charge in [0.15, 0.2) is 5.65 Å². The van der Waals surface area contributed by atoms with E-state index in [0.29, 0.717) is 23.6 Å². The van der Waals surface area contributed by atoms with Crippen LogP contribution < -0.4 is 5.69 Å². The molecule has 0 aliphatic carbocycles. The SMILES string of the molecule is COCC(O)Cc1cc2n[nH]c(=O)n2c(C)n1. The van der Waals surface area contributed by atoms with E-state index in [4.69, 9.17) is 4.74 Å². The van der Waals surface area contributed by atoms with Gasteiger partial charge in [-0.15, -0.1) is 0 Å². The van der Waals surface area contributed by atoms with E-state index in [2.05, 4.69) is 15.2 Å². The number of ether oxygens (including phenoxy) is 1. The molecule has 0 bridgehead atoms. The Balaban J connectivity index is 2.34. The standard InChI is InChI=1S/C10H14N4O3/c1-6-11-7(3-8(15)5-17-2)4-9-12-13-10(16)14(6)9/h4,8,15H,3,5H2,1-2H3,(H,13,16). The van der Waals surface area contributed by atoms with Crippen LogP contribution in [0.3, 0.4) is 0 Å². The lowest BCUT2D eigenvalue weighted by Gasteiger charge is -2.09. The van der Waals surface area contributed by atoms with Gasteiger partial charge in [-0.2, -0.15) is 5.10 Å². The number of aryl methyl sites for hydroxylation is 1. The van der Waals surface area contributed by atoms with E-state index < -0.39 is 6.10 Å². The predicted octanol–water partition coefficient (Wildman–Crippen LogP) is -0.724. The molecule has 0 aromatic carbocycles. The van der Waals surface area contributed by atoms with Crippen LogP contribution in [0.2, 0.25) is 0 Å². The highest BCUT2D eigenvalue weighted by molar-refractivity contribution is 5.38. The number of methoxy groups -OCH3 is 1. The second kappa shape index (κ2) is 4.64. The van der Waals surface area contributed by atoms with E-state index in [1.54, 1.807) is 13.0 Å². The van der Waals surface area contributed by atoms with Gasteiger partial charge < -0.3 is 9.84 Å². The normalized spacial score (nSPS) is 13.1. The molecule has 2 aromatic heterocycles. The maximum Gasteiger partial charge on any atom is 0.349 e. The number of aliphatic hydroxyl groups is 1. The molecule has 2 rings (SSSR count). The average molecular weight is 238 g/mol. The molecule has 92 valence electrons. The molecule has 0 fully saturated rings. The molecule has 0 aliphatic heterocycles. The number of hydrogen-bond donors (Lipinski definition) is 2. The van der Waals surface area contributed by atoms with Gasteiger partial charge in [0.1, 0.15) is 5.82 Å². The maximum absolute atomic E-state index is 11.4. The number of fused-ring (bicyclic) bond motifs is 1. The third-order valence-electron chi connectivity index (χ3n) is 2.43. The van der Waals surface area contributed by atoms with Crippen LogP contribution in [0.4, 0.5) is 0 Å². The summed E-state index contributed by atoms with van der Waals surface area (Å²) >= 11 is 0. The number of aliphatic hydroxyl groups excluding tert-OH is 1. The molecule has 0 saturated heterocycles. The van der Waals surface area contributed by atoms with Gasteiger partial charge in [-0.1, -0.05) is 0 Å². The van der Waals surface area contributed by atoms with Gasteiger partial charge in [-0.3, -0.25) is 0 Å². The van der Waals surface area contributed by atoms with Crippen molar-refractivity contribution in [2.24, 2.45) is 0 Å². The van der Waals surface area contributed by atoms with Crippen LogP contribution in [0.5, 0.6) is 0 Å². The molecule has 7 heteroatoms. The fourth-order valence-corrected chi connectivity index (χ4v) is 1.76. The molecule has 1 unspecified atom stereocenters. The van der Waals surface area contributed by atoms with E-state index >= 15 is 0 Å². The van der Waals surface area contributed by atoms with Gasteiger partial charge in [0.05, 0.1) is 12.7 Å². The summed E-state index contributed by atoms with van der Waals surface area (Å²) in [5.74, 6) is 0.542. The fraction of sp³-hybridized carbons (Fsp3) is 0.500. The van der Waals surface area contributed by atoms with Crippen molar-refractivity contribution >= 4 is 5.65 Å². The first kappa shape index (κ1) is 11.7. The molecule has 2 aromatic rings. The van der Waals surface area contributed by atoms with Crippen molar-refractivity contribution in [3.63, 3.8) is 0 Å². The topological polar surface area (TPSA) is 92.5 Å². The third-order valence-corrected chi connectivity index (χ3v) is 2.43. The minimum atomic E-state index is -0.611. The lowest BCUT2D eigenvalue weighted by Crippen LogP contribution is -2.19. The number of aromatic nitrogens is 4. The lowest BCUT2D eigenvalue weighted by molar-refractivity contribution is 0.0644. The fourth-order valence-electron chi connectivity index (χ4n) is 1.76. The van der Waals surface area contributed by atoms with Crippen LogP contribution in [0, 0.1) is 6.92 Å². The summed E-state index contributed by atoms with van der Waals surface area (Å²) < 4.78 is 6.22. The summed E-state index contributed by atoms with van der Waals surface area (Å²) in [6.45, 7) is 1.97. The Labute approximate surface area is 97.1 Å². The number of H-pyrrole nitrogens is 1. The molecule has 0 aliphatic rings. The summed E-state index contributed by atoms with van der Waals surface area (Å²) in [5.41, 5.74) is 0.870. The Kier molecular flexibility index (Phi) is 3.21. The monoisotopic (exact) mass is 238 g/mol. The second-order valence-electron chi connectivity index (χ2n) is 3.83. The Bertz CT molecular complexity index is 574. The molecule has 0 radical (unpaired) electrons. The van der Waals surface area contributed by atoms with Crippen LogP contribution in [-0.2, 0) is 11.2 Å². The van der Waals surface area contributed by atoms with Crippen LogP contribution >= 0.6 is 0 Å². The quantitative estimate of drug-likeness (QED) is 0.733. The zero-order chi connectivity index (χ0) is 12.4. The van der Waals surface area contributed by atoms with Crippen LogP contribution in [0.15, 0.2) is 10.9 Å². The van der Waals surface area contributed by atoms with Crippen molar-refractivity contribution in [3.05, 3.63) is 28.1 Å². The summed E-state index contributed by atoms with van der Waals surface area (Å²) in [6, 6.07) is 1.67. The Morgan fingerprint density at radius 1 is 1.65 bits per heavy atom. The largest absolute Gasteiger partial charge is 0.390 e. The number of nitrogens with zero attached hydrogens (tertiary/aromatic N) is 3. The first-order chi connectivity index (χ1) is 8.11. The molecule has 1 atom stereocenters. The molecule has 0 spiro atoms. The van der Waals surface area contributed by atoms with E-state index in [1.807, 2.05) is 0 Å². The number of hydrogen-bond acceptors (Lipinski definition) is 5. The predicted molar refractivity (Wildman–Crippen MR) is 59.9 cm³/mol. The highest BCUT2D eigenvalue weighted by Gasteiger charge is 2.10. The van der Waals surface area contributed by atoms with Crippen LogP contribution in [0.1, 0.15) is 11.5 Å². The van der Waals surface area contributed by atoms with Crippen molar-refractivity contribution in [3.8, 4) is 0 Å². The van der Waals surface area contributed by atoms with Gasteiger partial charge >= 0.3 is 5.69 Å². The van der Waals surface area contributed by atoms with E-state index in [9.17, 15) is 9.90 Å². The summed E-state index contributed by atoms with van der Waals surface area (Å²) in [7, 11) is 1.53. The molecule has 2 heterocycles. The van der Waals surface area contributed by atoms with Crippen molar-refractivity contribution in [1.82, 2.24) is 19.6 Å². The van der Waals surface area contributed by atoms with Crippen molar-refractivity contribution in [2.75, 3.05) is 13.7 Å². The van der Waals surface area contributed by atoms with Gasteiger partial charge in [0, 0.05) is 25.3 Å². The Morgan fingerprint density at radius 3 is 3.12 bits per heavy atom. The zero-order valence-corrected chi connectivity index (χ0v) is 9.67. The first-order valence-corrected chi connectivity index (χ1v) is 5.22. The highest BCUT2D eigenvalue weighted by Crippen LogP contribution is 2.05. The third kappa shape index (κ3) is 2.34. The highest BCUT2D eigenvalue weighted by atomic mass is 16.5. The van der Waals surface area contributed by atoms with Crippen molar-refractivity contribution < 1.29 is 9.84 Å². The van der Waals surface area contributed by atoms with E-state index in [-0.39, 0.29) is 12.3 Å². The number of aromatic amines is 1. The maximum atomic E-state index is 11.4. The van der Waals surface area contributed by atoms with Gasteiger partial charge in [-0.05, 0) is 6.92 Å². The smallest absolute Gasteiger partial charge is 0.349 e. The summed E-state index contributed by atoms with van der Waals surface area (Å²) in [4.78, 5) is 15.6. The minimum absolute atomic E-state index is 0.249. The van der Waals surface area contributed by atoms with Gasteiger partial charge in [-0.25, -0.2) is 19.3 Å². The Hall–Kier alpha value is -1.73. The number of rotatable bonds is 4. The average Bonchev–Trinajstić information content (AvgIpc) is 2.60. The van der Waals surface area contributed by atoms with E-state index in [0.717, 1.165) is 0 Å². The number of nitrogens with one attached hydrogen (secondary N) is 1. The molecule has 0 saturated carbocycles. The van der Waals surface area contributed by atoms with Gasteiger partial charge in [0.25, 0.3) is 0 Å². The minimum Gasteiger partial charge on any atom is -0.390 e. The molecule has 2 N–H and O–H groups in total. The molecular weight excluding hydrogens is 224 g/mol. The molecule has 17 heavy (non-hydrogen) atoms. The van der Waals surface area contributed by atoms with Crippen LogP contribution in [0.25, 0.3) is 5.65 Å². The molecular formula is C10H14N4O3. The zero-order valence-electron chi connectivity index (χ0n) is 9.67. The van der Waals surface area contributed by atoms with Crippen molar-refractivity contribution in [1.29, 1.82) is 0 Å².